The maximum atomic E-state index is 12.3. The molecule has 2 atom stereocenters. The van der Waals surface area contributed by atoms with Crippen LogP contribution < -0.4 is 51.4 Å². The van der Waals surface area contributed by atoms with E-state index in [4.69, 9.17) is 0 Å². The second kappa shape index (κ2) is 6.95. The van der Waals surface area contributed by atoms with Crippen molar-refractivity contribution < 1.29 is 64.3 Å². The molecule has 1 aliphatic rings. The summed E-state index contributed by atoms with van der Waals surface area (Å²) in [6.45, 7) is 3.94. The van der Waals surface area contributed by atoms with Gasteiger partial charge in [0, 0.05) is 13.1 Å². The van der Waals surface area contributed by atoms with E-state index in [1.54, 1.807) is 0 Å². The summed E-state index contributed by atoms with van der Waals surface area (Å²) in [4.78, 5) is 1.87. The Bertz CT molecular complexity index is 235. The van der Waals surface area contributed by atoms with Gasteiger partial charge in [0.15, 0.2) is 0 Å². The average molecular weight is 259 g/mol. The fourth-order valence-electron chi connectivity index (χ4n) is 2.31. The summed E-state index contributed by atoms with van der Waals surface area (Å²) in [7, 11) is 0. The van der Waals surface area contributed by atoms with Crippen LogP contribution in [0.4, 0.5) is 12.9 Å². The molecular formula is C10H18BF3KN. The van der Waals surface area contributed by atoms with Crippen LogP contribution in [0, 0.1) is 11.8 Å². The molecule has 1 rings (SSSR count). The minimum absolute atomic E-state index is 0. The van der Waals surface area contributed by atoms with Gasteiger partial charge >= 0.3 is 58.4 Å². The molecule has 0 bridgehead atoms. The van der Waals surface area contributed by atoms with Crippen molar-refractivity contribution in [2.45, 2.75) is 20.3 Å². The Kier molecular flexibility index (Phi) is 7.46. The van der Waals surface area contributed by atoms with Crippen LogP contribution in [-0.2, 0) is 0 Å². The van der Waals surface area contributed by atoms with Crippen molar-refractivity contribution in [1.29, 1.82) is 0 Å². The van der Waals surface area contributed by atoms with Crippen molar-refractivity contribution in [2.24, 2.45) is 11.8 Å². The van der Waals surface area contributed by atoms with Gasteiger partial charge in [-0.1, -0.05) is 13.8 Å². The van der Waals surface area contributed by atoms with Crippen molar-refractivity contribution in [1.82, 2.24) is 4.90 Å². The first-order valence-corrected chi connectivity index (χ1v) is 5.39. The predicted octanol–water partition coefficient (Wildman–Crippen LogP) is -0.0889. The summed E-state index contributed by atoms with van der Waals surface area (Å²) in [5.41, 5.74) is -0.573. The third kappa shape index (κ3) is 5.69. The summed E-state index contributed by atoms with van der Waals surface area (Å²) in [6, 6.07) is 0. The van der Waals surface area contributed by atoms with E-state index in [9.17, 15) is 12.9 Å². The van der Waals surface area contributed by atoms with Crippen molar-refractivity contribution in [3.05, 3.63) is 12.1 Å². The Labute approximate surface area is 138 Å². The van der Waals surface area contributed by atoms with Crippen molar-refractivity contribution in [3.8, 4) is 0 Å². The van der Waals surface area contributed by atoms with Gasteiger partial charge in [-0.25, -0.2) is 0 Å². The van der Waals surface area contributed by atoms with Crippen LogP contribution in [-0.4, -0.2) is 31.5 Å². The van der Waals surface area contributed by atoms with E-state index >= 15 is 0 Å². The number of rotatable bonds is 3. The Balaban J connectivity index is 0.00000225. The zero-order valence-electron chi connectivity index (χ0n) is 10.3. The molecule has 0 spiro atoms. The maximum Gasteiger partial charge on any atom is 1.00 e. The smallest absolute Gasteiger partial charge is 0.445 e. The third-order valence-electron chi connectivity index (χ3n) is 2.83. The topological polar surface area (TPSA) is 3.24 Å². The van der Waals surface area contributed by atoms with Gasteiger partial charge < -0.3 is 17.8 Å². The molecular weight excluding hydrogens is 241 g/mol. The summed E-state index contributed by atoms with van der Waals surface area (Å²) in [5, 5.41) is 0. The van der Waals surface area contributed by atoms with Crippen LogP contribution >= 0.6 is 0 Å². The zero-order valence-corrected chi connectivity index (χ0v) is 13.5. The van der Waals surface area contributed by atoms with E-state index in [1.807, 2.05) is 4.90 Å². The maximum absolute atomic E-state index is 12.3. The van der Waals surface area contributed by atoms with Crippen molar-refractivity contribution in [3.63, 3.8) is 0 Å². The van der Waals surface area contributed by atoms with Crippen LogP contribution in [0.2, 0.25) is 0 Å². The minimum atomic E-state index is -4.87. The monoisotopic (exact) mass is 259 g/mol. The quantitative estimate of drug-likeness (QED) is 0.640. The van der Waals surface area contributed by atoms with Crippen LogP contribution in [0.5, 0.6) is 0 Å². The molecule has 0 aliphatic carbocycles. The molecule has 0 aromatic rings. The van der Waals surface area contributed by atoms with Gasteiger partial charge in [-0.2, -0.15) is 0 Å². The fraction of sp³-hybridized carbons (Fsp3) is 0.800. The van der Waals surface area contributed by atoms with E-state index in [-0.39, 0.29) is 57.9 Å². The molecule has 1 fully saturated rings. The molecule has 88 valence electrons. The summed E-state index contributed by atoms with van der Waals surface area (Å²) in [6.07, 6.45) is 1.11. The average Bonchev–Trinajstić information content (AvgIpc) is 1.99. The SMILES string of the molecule is C=C(CN1CC(C)CC(C)C1)[B-](F)(F)F.[K+]. The van der Waals surface area contributed by atoms with Gasteiger partial charge in [-0.3, -0.25) is 0 Å². The molecule has 0 amide bonds. The first-order chi connectivity index (χ1) is 6.79. The normalized spacial score (nSPS) is 27.3. The van der Waals surface area contributed by atoms with Gasteiger partial charge in [0.05, 0.1) is 0 Å². The van der Waals surface area contributed by atoms with Gasteiger partial charge in [-0.15, -0.1) is 12.1 Å². The third-order valence-corrected chi connectivity index (χ3v) is 2.83. The standard InChI is InChI=1S/C10H18BF3N.K/c1-8-4-9(2)6-15(5-8)7-10(3)11(12,13)14;/h8-9H,3-7H2,1-2H3;/q-1;+1. The van der Waals surface area contributed by atoms with Crippen LogP contribution in [0.25, 0.3) is 0 Å². The summed E-state index contributed by atoms with van der Waals surface area (Å²) in [5.74, 6) is 0.976. The molecule has 16 heavy (non-hydrogen) atoms. The first-order valence-electron chi connectivity index (χ1n) is 5.39. The number of piperidine rings is 1. The second-order valence-electron chi connectivity index (χ2n) is 4.87. The van der Waals surface area contributed by atoms with Crippen LogP contribution in [0.1, 0.15) is 20.3 Å². The molecule has 0 aromatic carbocycles. The molecule has 2 unspecified atom stereocenters. The summed E-state index contributed by atoms with van der Waals surface area (Å²) >= 11 is 0. The van der Waals surface area contributed by atoms with Crippen LogP contribution in [0.3, 0.4) is 0 Å². The number of hydrogen-bond acceptors (Lipinski definition) is 1. The molecule has 1 nitrogen and oxygen atoms in total. The van der Waals surface area contributed by atoms with Crippen LogP contribution in [0.15, 0.2) is 12.1 Å². The molecule has 0 radical (unpaired) electrons. The molecule has 0 aromatic heterocycles. The van der Waals surface area contributed by atoms with E-state index < -0.39 is 12.4 Å². The molecule has 1 heterocycles. The van der Waals surface area contributed by atoms with E-state index in [1.165, 1.54) is 0 Å². The first kappa shape index (κ1) is 17.2. The zero-order chi connectivity index (χ0) is 11.6. The number of halogens is 3. The van der Waals surface area contributed by atoms with Gasteiger partial charge in [0.25, 0.3) is 0 Å². The van der Waals surface area contributed by atoms with Gasteiger partial charge in [0.2, 0.25) is 0 Å². The van der Waals surface area contributed by atoms with E-state index in [0.29, 0.717) is 11.8 Å². The minimum Gasteiger partial charge on any atom is -0.445 e. The molecule has 0 N–H and O–H groups in total. The summed E-state index contributed by atoms with van der Waals surface area (Å²) < 4.78 is 37.0. The number of nitrogens with zero attached hydrogens (tertiary/aromatic N) is 1. The number of hydrogen-bond donors (Lipinski definition) is 0. The Morgan fingerprint density at radius 2 is 1.69 bits per heavy atom. The Hall–Kier alpha value is 1.19. The molecule has 0 saturated carbocycles. The fourth-order valence-corrected chi connectivity index (χ4v) is 2.31. The van der Waals surface area contributed by atoms with Crippen molar-refractivity contribution >= 4 is 6.98 Å². The molecule has 6 heteroatoms. The van der Waals surface area contributed by atoms with E-state index in [0.717, 1.165) is 19.5 Å². The molecule has 1 saturated heterocycles. The molecule has 1 aliphatic heterocycles. The van der Waals surface area contributed by atoms with Gasteiger partial charge in [-0.05, 0) is 24.8 Å². The van der Waals surface area contributed by atoms with Gasteiger partial charge in [0.1, 0.15) is 0 Å². The van der Waals surface area contributed by atoms with E-state index in [2.05, 4.69) is 20.4 Å². The van der Waals surface area contributed by atoms with Crippen molar-refractivity contribution in [2.75, 3.05) is 19.6 Å². The Morgan fingerprint density at radius 1 is 1.25 bits per heavy atom. The second-order valence-corrected chi connectivity index (χ2v) is 4.87. The number of likely N-dealkylation sites (tertiary alicyclic amines) is 1. The Morgan fingerprint density at radius 3 is 2.06 bits per heavy atom. The largest absolute Gasteiger partial charge is 1.00 e. The predicted molar refractivity (Wildman–Crippen MR) is 57.6 cm³/mol.